The van der Waals surface area contributed by atoms with Crippen LogP contribution < -0.4 is 10.1 Å². The van der Waals surface area contributed by atoms with Crippen molar-refractivity contribution in [2.45, 2.75) is 25.7 Å². The number of benzene rings is 1. The number of guanidine groups is 1. The Kier molecular flexibility index (Phi) is 8.11. The number of rotatable bonds is 8. The maximum atomic E-state index is 5.43. The smallest absolute Gasteiger partial charge is 0.193 e. The molecule has 1 aromatic carbocycles. The molecule has 0 aliphatic rings. The molecule has 122 valence electrons. The normalized spacial score (nSPS) is 12.6. The quantitative estimate of drug-likeness (QED) is 0.346. The van der Waals surface area contributed by atoms with Crippen molar-refractivity contribution in [3.63, 3.8) is 0 Å². The Morgan fingerprint density at radius 1 is 1.45 bits per heavy atom. The molecule has 0 aromatic heterocycles. The molecule has 0 aliphatic heterocycles. The molecule has 1 atom stereocenters. The topological polar surface area (TPSA) is 36.9 Å². The summed E-state index contributed by atoms with van der Waals surface area (Å²) in [7, 11) is 5.59. The lowest BCUT2D eigenvalue weighted by Gasteiger charge is -2.24. The van der Waals surface area contributed by atoms with Gasteiger partial charge in [0.1, 0.15) is 5.75 Å². The van der Waals surface area contributed by atoms with Crippen molar-refractivity contribution in [2.75, 3.05) is 34.3 Å². The molecule has 1 N–H and O–H groups in total. The lowest BCUT2D eigenvalue weighted by atomic mass is 10.0. The second kappa shape index (κ2) is 9.87. The minimum atomic E-state index is 0.342. The van der Waals surface area contributed by atoms with E-state index >= 15 is 0 Å². The highest BCUT2D eigenvalue weighted by molar-refractivity contribution is 5.79. The van der Waals surface area contributed by atoms with Gasteiger partial charge in [-0.3, -0.25) is 4.99 Å². The van der Waals surface area contributed by atoms with Crippen molar-refractivity contribution in [3.8, 4) is 5.75 Å². The summed E-state index contributed by atoms with van der Waals surface area (Å²) < 4.78 is 5.43. The number of ether oxygens (including phenoxy) is 1. The Hall–Kier alpha value is -1.97. The molecular weight excluding hydrogens is 274 g/mol. The Morgan fingerprint density at radius 2 is 2.18 bits per heavy atom. The monoisotopic (exact) mass is 303 g/mol. The molecule has 0 aliphatic carbocycles. The van der Waals surface area contributed by atoms with E-state index in [1.165, 1.54) is 5.56 Å². The predicted octanol–water partition coefficient (Wildman–Crippen LogP) is 3.27. The molecule has 0 heterocycles. The van der Waals surface area contributed by atoms with Gasteiger partial charge in [-0.05, 0) is 24.5 Å². The summed E-state index contributed by atoms with van der Waals surface area (Å²) in [5.41, 5.74) is 1.21. The number of hydrogen-bond acceptors (Lipinski definition) is 2. The van der Waals surface area contributed by atoms with Crippen LogP contribution >= 0.6 is 0 Å². The summed E-state index contributed by atoms with van der Waals surface area (Å²) in [5, 5.41) is 3.44. The summed E-state index contributed by atoms with van der Waals surface area (Å²) in [4.78, 5) is 6.50. The maximum absolute atomic E-state index is 5.43. The van der Waals surface area contributed by atoms with Crippen LogP contribution in [0.3, 0.4) is 0 Å². The van der Waals surface area contributed by atoms with Gasteiger partial charge in [0.05, 0.1) is 7.11 Å². The maximum Gasteiger partial charge on any atom is 0.193 e. The number of allylic oxidation sites excluding steroid dienone is 1. The first kappa shape index (κ1) is 18.1. The zero-order valence-corrected chi connectivity index (χ0v) is 14.3. The number of methoxy groups -OCH3 is 1. The third kappa shape index (κ3) is 5.43. The first-order valence-corrected chi connectivity index (χ1v) is 7.79. The first-order chi connectivity index (χ1) is 10.6. The van der Waals surface area contributed by atoms with E-state index in [2.05, 4.69) is 41.8 Å². The average molecular weight is 303 g/mol. The Balaban J connectivity index is 2.57. The van der Waals surface area contributed by atoms with Gasteiger partial charge in [-0.15, -0.1) is 6.58 Å². The summed E-state index contributed by atoms with van der Waals surface area (Å²) in [6.07, 6.45) is 4.06. The summed E-state index contributed by atoms with van der Waals surface area (Å²) in [6.45, 7) is 7.73. The molecule has 1 aromatic rings. The molecule has 4 nitrogen and oxygen atoms in total. The molecule has 1 rings (SSSR count). The number of nitrogens with zero attached hydrogens (tertiary/aromatic N) is 2. The van der Waals surface area contributed by atoms with Crippen LogP contribution in [0.2, 0.25) is 0 Å². The van der Waals surface area contributed by atoms with Gasteiger partial charge in [0.2, 0.25) is 0 Å². The van der Waals surface area contributed by atoms with E-state index in [9.17, 15) is 0 Å². The standard InChI is InChI=1S/C18H29N3O/c1-6-7-10-13-21(4)18(19-3)20-14-15(2)16-11-8-9-12-17(16)22-5/h6,8-9,11-12,15H,1,7,10,13-14H2,2-5H3,(H,19,20). The second-order valence-electron chi connectivity index (χ2n) is 5.42. The third-order valence-electron chi connectivity index (χ3n) is 3.71. The molecule has 0 saturated carbocycles. The van der Waals surface area contributed by atoms with E-state index in [0.29, 0.717) is 5.92 Å². The Bertz CT molecular complexity index is 485. The van der Waals surface area contributed by atoms with Crippen molar-refractivity contribution < 1.29 is 4.74 Å². The lowest BCUT2D eigenvalue weighted by molar-refractivity contribution is 0.405. The molecule has 0 bridgehead atoms. The SMILES string of the molecule is C=CCCCN(C)C(=NC)NCC(C)c1ccccc1OC. The van der Waals surface area contributed by atoms with E-state index < -0.39 is 0 Å². The van der Waals surface area contributed by atoms with Gasteiger partial charge in [-0.25, -0.2) is 0 Å². The molecule has 0 radical (unpaired) electrons. The van der Waals surface area contributed by atoms with Gasteiger partial charge in [-0.2, -0.15) is 0 Å². The second-order valence-corrected chi connectivity index (χ2v) is 5.42. The molecular formula is C18H29N3O. The first-order valence-electron chi connectivity index (χ1n) is 7.79. The van der Waals surface area contributed by atoms with Crippen molar-refractivity contribution in [1.82, 2.24) is 10.2 Å². The minimum Gasteiger partial charge on any atom is -0.496 e. The number of unbranched alkanes of at least 4 members (excludes halogenated alkanes) is 1. The summed E-state index contributed by atoms with van der Waals surface area (Å²) in [6, 6.07) is 8.16. The van der Waals surface area contributed by atoms with E-state index in [4.69, 9.17) is 4.74 Å². The van der Waals surface area contributed by atoms with Crippen LogP contribution in [0.15, 0.2) is 41.9 Å². The zero-order valence-electron chi connectivity index (χ0n) is 14.3. The molecule has 0 saturated heterocycles. The van der Waals surface area contributed by atoms with Gasteiger partial charge < -0.3 is 15.0 Å². The number of para-hydroxylation sites is 1. The third-order valence-corrected chi connectivity index (χ3v) is 3.71. The number of hydrogen-bond donors (Lipinski definition) is 1. The van der Waals surface area contributed by atoms with E-state index in [1.54, 1.807) is 7.11 Å². The van der Waals surface area contributed by atoms with E-state index in [0.717, 1.165) is 37.6 Å². The fraction of sp³-hybridized carbons (Fsp3) is 0.500. The molecule has 4 heteroatoms. The van der Waals surface area contributed by atoms with E-state index in [-0.39, 0.29) is 0 Å². The Morgan fingerprint density at radius 3 is 2.82 bits per heavy atom. The highest BCUT2D eigenvalue weighted by Gasteiger charge is 2.12. The highest BCUT2D eigenvalue weighted by atomic mass is 16.5. The van der Waals surface area contributed by atoms with Crippen LogP contribution in [-0.2, 0) is 0 Å². The van der Waals surface area contributed by atoms with Crippen LogP contribution in [-0.4, -0.2) is 45.2 Å². The molecule has 0 amide bonds. The molecule has 0 spiro atoms. The van der Waals surface area contributed by atoms with E-state index in [1.807, 2.05) is 31.3 Å². The number of nitrogens with one attached hydrogen (secondary N) is 1. The van der Waals surface area contributed by atoms with Gasteiger partial charge in [-0.1, -0.05) is 31.2 Å². The van der Waals surface area contributed by atoms with Crippen molar-refractivity contribution in [2.24, 2.45) is 4.99 Å². The minimum absolute atomic E-state index is 0.342. The Labute approximate surface area is 134 Å². The predicted molar refractivity (Wildman–Crippen MR) is 94.8 cm³/mol. The van der Waals surface area contributed by atoms with Gasteiger partial charge >= 0.3 is 0 Å². The van der Waals surface area contributed by atoms with Crippen molar-refractivity contribution >= 4 is 5.96 Å². The lowest BCUT2D eigenvalue weighted by Crippen LogP contribution is -2.40. The summed E-state index contributed by atoms with van der Waals surface area (Å²) >= 11 is 0. The fourth-order valence-electron chi connectivity index (χ4n) is 2.39. The zero-order chi connectivity index (χ0) is 16.4. The molecule has 22 heavy (non-hydrogen) atoms. The van der Waals surface area contributed by atoms with Gasteiger partial charge in [0, 0.05) is 33.1 Å². The number of aliphatic imine (C=N–C) groups is 1. The fourth-order valence-corrected chi connectivity index (χ4v) is 2.39. The molecule has 1 unspecified atom stereocenters. The average Bonchev–Trinajstić information content (AvgIpc) is 2.55. The van der Waals surface area contributed by atoms with Gasteiger partial charge in [0.15, 0.2) is 5.96 Å². The van der Waals surface area contributed by atoms with Crippen LogP contribution in [0, 0.1) is 0 Å². The summed E-state index contributed by atoms with van der Waals surface area (Å²) in [5.74, 6) is 2.20. The van der Waals surface area contributed by atoms with Crippen molar-refractivity contribution in [1.29, 1.82) is 0 Å². The van der Waals surface area contributed by atoms with Crippen molar-refractivity contribution in [3.05, 3.63) is 42.5 Å². The van der Waals surface area contributed by atoms with Crippen LogP contribution in [0.4, 0.5) is 0 Å². The largest absolute Gasteiger partial charge is 0.496 e. The molecule has 0 fully saturated rings. The highest BCUT2D eigenvalue weighted by Crippen LogP contribution is 2.25. The van der Waals surface area contributed by atoms with Gasteiger partial charge in [0.25, 0.3) is 0 Å². The van der Waals surface area contributed by atoms with Crippen LogP contribution in [0.1, 0.15) is 31.2 Å². The van der Waals surface area contributed by atoms with Crippen LogP contribution in [0.25, 0.3) is 0 Å². The van der Waals surface area contributed by atoms with Crippen LogP contribution in [0.5, 0.6) is 5.75 Å².